The minimum Gasteiger partial charge on any atom is -0.345 e. The summed E-state index contributed by atoms with van der Waals surface area (Å²) in [5, 5.41) is 13.2. The molecule has 0 saturated heterocycles. The van der Waals surface area contributed by atoms with E-state index in [4.69, 9.17) is 0 Å². The molecule has 0 fully saturated rings. The zero-order valence-electron chi connectivity index (χ0n) is 10.6. The van der Waals surface area contributed by atoms with Crippen LogP contribution in [0.3, 0.4) is 0 Å². The number of anilines is 2. The van der Waals surface area contributed by atoms with Crippen LogP contribution in [0.2, 0.25) is 0 Å². The predicted molar refractivity (Wildman–Crippen MR) is 75.7 cm³/mol. The van der Waals surface area contributed by atoms with Gasteiger partial charge in [-0.3, -0.25) is 14.9 Å². The van der Waals surface area contributed by atoms with Crippen LogP contribution < -0.4 is 10.9 Å². The molecule has 2 aromatic rings. The lowest BCUT2D eigenvalue weighted by atomic mass is 10.2. The number of pyridine rings is 1. The number of hydrogen-bond donors (Lipinski definition) is 1. The van der Waals surface area contributed by atoms with E-state index < -0.39 is 33.5 Å². The molecule has 0 aliphatic heterocycles. The molecule has 1 aromatic heterocycles. The summed E-state index contributed by atoms with van der Waals surface area (Å²) in [7, 11) is 1.18. The molecule has 6 nitrogen and oxygen atoms in total. The van der Waals surface area contributed by atoms with Gasteiger partial charge in [0.25, 0.3) is 5.56 Å². The van der Waals surface area contributed by atoms with Gasteiger partial charge in [0, 0.05) is 11.5 Å². The molecule has 0 spiro atoms. The van der Waals surface area contributed by atoms with Gasteiger partial charge < -0.3 is 9.88 Å². The molecule has 1 N–H and O–H groups in total. The summed E-state index contributed by atoms with van der Waals surface area (Å²) in [5.41, 5.74) is -2.59. The van der Waals surface area contributed by atoms with Gasteiger partial charge in [-0.05, 0) is 18.2 Å². The quantitative estimate of drug-likeness (QED) is 0.674. The van der Waals surface area contributed by atoms with E-state index in [0.29, 0.717) is 4.47 Å². The molecular formula is C12H8BrF2N3O3. The highest BCUT2D eigenvalue weighted by Crippen LogP contribution is 2.30. The number of benzene rings is 1. The van der Waals surface area contributed by atoms with E-state index in [1.165, 1.54) is 19.2 Å². The van der Waals surface area contributed by atoms with E-state index in [-0.39, 0.29) is 5.69 Å². The Morgan fingerprint density at radius 3 is 2.62 bits per heavy atom. The van der Waals surface area contributed by atoms with Crippen molar-refractivity contribution in [1.82, 2.24) is 4.57 Å². The summed E-state index contributed by atoms with van der Waals surface area (Å²) >= 11 is 3.05. The minimum atomic E-state index is -1.35. The smallest absolute Gasteiger partial charge is 0.312 e. The molecule has 0 saturated carbocycles. The molecule has 0 aliphatic carbocycles. The van der Waals surface area contributed by atoms with Crippen LogP contribution >= 0.6 is 15.9 Å². The second-order valence-corrected chi connectivity index (χ2v) is 5.04. The van der Waals surface area contributed by atoms with E-state index in [1.807, 2.05) is 0 Å². The van der Waals surface area contributed by atoms with Gasteiger partial charge in [-0.25, -0.2) is 4.39 Å². The molecule has 0 radical (unpaired) electrons. The van der Waals surface area contributed by atoms with Gasteiger partial charge >= 0.3 is 5.69 Å². The number of aromatic nitrogens is 1. The van der Waals surface area contributed by atoms with Gasteiger partial charge in [0.1, 0.15) is 5.82 Å². The van der Waals surface area contributed by atoms with Crippen molar-refractivity contribution in [2.45, 2.75) is 0 Å². The number of halogens is 3. The molecule has 0 unspecified atom stereocenters. The Morgan fingerprint density at radius 1 is 1.38 bits per heavy atom. The molecule has 0 aliphatic rings. The number of nitrogens with one attached hydrogen (secondary N) is 1. The van der Waals surface area contributed by atoms with Crippen molar-refractivity contribution in [2.75, 3.05) is 5.32 Å². The fraction of sp³-hybridized carbons (Fsp3) is 0.0833. The first-order valence-electron chi connectivity index (χ1n) is 5.57. The second kappa shape index (κ2) is 5.60. The number of rotatable bonds is 3. The Balaban J connectivity index is 2.60. The molecule has 0 bridgehead atoms. The number of nitrogens with zero attached hydrogens (tertiary/aromatic N) is 2. The maximum absolute atomic E-state index is 13.9. The van der Waals surface area contributed by atoms with Crippen molar-refractivity contribution in [3.05, 3.63) is 61.0 Å². The highest BCUT2D eigenvalue weighted by molar-refractivity contribution is 9.10. The van der Waals surface area contributed by atoms with Gasteiger partial charge in [-0.1, -0.05) is 15.9 Å². The first-order chi connectivity index (χ1) is 9.81. The summed E-state index contributed by atoms with van der Waals surface area (Å²) in [6, 6.07) is 3.84. The monoisotopic (exact) mass is 359 g/mol. The van der Waals surface area contributed by atoms with E-state index in [9.17, 15) is 23.7 Å². The molecule has 1 heterocycles. The Kier molecular flexibility index (Phi) is 4.03. The summed E-state index contributed by atoms with van der Waals surface area (Å²) < 4.78 is 28.9. The standard InChI is InChI=1S/C12H8BrF2N3O3/c1-17-5-9(18(20)21)11(10(15)12(17)19)16-8-3-2-6(13)4-7(8)14/h2-5,16H,1H3. The van der Waals surface area contributed by atoms with Crippen LogP contribution in [-0.4, -0.2) is 9.49 Å². The largest absolute Gasteiger partial charge is 0.345 e. The third-order valence-electron chi connectivity index (χ3n) is 2.69. The van der Waals surface area contributed by atoms with Gasteiger partial charge in [0.15, 0.2) is 5.69 Å². The second-order valence-electron chi connectivity index (χ2n) is 4.13. The molecule has 0 amide bonds. The van der Waals surface area contributed by atoms with Crippen molar-refractivity contribution in [1.29, 1.82) is 0 Å². The van der Waals surface area contributed by atoms with Crippen molar-refractivity contribution >= 4 is 33.0 Å². The van der Waals surface area contributed by atoms with E-state index in [1.54, 1.807) is 0 Å². The average Bonchev–Trinajstić information content (AvgIpc) is 2.41. The van der Waals surface area contributed by atoms with Crippen molar-refractivity contribution < 1.29 is 13.7 Å². The highest BCUT2D eigenvalue weighted by Gasteiger charge is 2.23. The Hall–Kier alpha value is -2.29. The van der Waals surface area contributed by atoms with E-state index in [2.05, 4.69) is 21.2 Å². The molecule has 2 rings (SSSR count). The van der Waals surface area contributed by atoms with Crippen LogP contribution in [0.15, 0.2) is 33.7 Å². The maximum Gasteiger partial charge on any atom is 0.312 e. The average molecular weight is 360 g/mol. The lowest BCUT2D eigenvalue weighted by Crippen LogP contribution is -2.22. The summed E-state index contributed by atoms with van der Waals surface area (Å²) in [4.78, 5) is 21.6. The van der Waals surface area contributed by atoms with Crippen molar-refractivity contribution in [3.8, 4) is 0 Å². The van der Waals surface area contributed by atoms with Gasteiger partial charge in [0.05, 0.1) is 16.8 Å². The number of hydrogen-bond acceptors (Lipinski definition) is 4. The SMILES string of the molecule is Cn1cc([N+](=O)[O-])c(Nc2ccc(Br)cc2F)c(F)c1=O. The molecule has 110 valence electrons. The molecule has 0 atom stereocenters. The summed E-state index contributed by atoms with van der Waals surface area (Å²) in [6.07, 6.45) is 0.866. The van der Waals surface area contributed by atoms with Gasteiger partial charge in [-0.15, -0.1) is 0 Å². The van der Waals surface area contributed by atoms with Crippen molar-refractivity contribution in [2.24, 2.45) is 7.05 Å². The first kappa shape index (κ1) is 15.1. The summed E-state index contributed by atoms with van der Waals surface area (Å²) in [6.45, 7) is 0. The Morgan fingerprint density at radius 2 is 2.05 bits per heavy atom. The topological polar surface area (TPSA) is 77.2 Å². The number of nitro groups is 1. The van der Waals surface area contributed by atoms with Crippen LogP contribution in [0.1, 0.15) is 0 Å². The van der Waals surface area contributed by atoms with Crippen molar-refractivity contribution in [3.63, 3.8) is 0 Å². The van der Waals surface area contributed by atoms with Crippen LogP contribution in [0, 0.1) is 21.7 Å². The lowest BCUT2D eigenvalue weighted by molar-refractivity contribution is -0.384. The van der Waals surface area contributed by atoms with Crippen LogP contribution in [0.25, 0.3) is 0 Å². The zero-order chi connectivity index (χ0) is 15.7. The third-order valence-corrected chi connectivity index (χ3v) is 3.18. The van der Waals surface area contributed by atoms with E-state index in [0.717, 1.165) is 16.8 Å². The summed E-state index contributed by atoms with van der Waals surface area (Å²) in [5.74, 6) is -2.10. The maximum atomic E-state index is 13.9. The fourth-order valence-electron chi connectivity index (χ4n) is 1.66. The Bertz CT molecular complexity index is 792. The van der Waals surface area contributed by atoms with Gasteiger partial charge in [0.2, 0.25) is 5.82 Å². The molecule has 21 heavy (non-hydrogen) atoms. The lowest BCUT2D eigenvalue weighted by Gasteiger charge is -2.10. The molecule has 1 aromatic carbocycles. The molecule has 9 heteroatoms. The first-order valence-corrected chi connectivity index (χ1v) is 6.36. The normalized spacial score (nSPS) is 10.5. The number of aryl methyl sites for hydroxylation is 1. The zero-order valence-corrected chi connectivity index (χ0v) is 12.1. The minimum absolute atomic E-state index is 0.187. The van der Waals surface area contributed by atoms with Crippen LogP contribution in [0.4, 0.5) is 25.8 Å². The fourth-order valence-corrected chi connectivity index (χ4v) is 2.00. The highest BCUT2D eigenvalue weighted by atomic mass is 79.9. The van der Waals surface area contributed by atoms with Crippen LogP contribution in [-0.2, 0) is 7.05 Å². The Labute approximate surface area is 125 Å². The van der Waals surface area contributed by atoms with Crippen LogP contribution in [0.5, 0.6) is 0 Å². The van der Waals surface area contributed by atoms with Gasteiger partial charge in [-0.2, -0.15) is 4.39 Å². The predicted octanol–water partition coefficient (Wildman–Crippen LogP) is 3.08. The molecular weight excluding hydrogens is 352 g/mol. The third kappa shape index (κ3) is 2.92. The van der Waals surface area contributed by atoms with E-state index >= 15 is 0 Å².